The molecule has 1 rings (SSSR count). The van der Waals surface area contributed by atoms with Crippen molar-refractivity contribution in [3.8, 4) is 0 Å². The molecule has 0 radical (unpaired) electrons. The maximum atomic E-state index is 11.4. The van der Waals surface area contributed by atoms with Crippen molar-refractivity contribution in [2.24, 2.45) is 0 Å². The molecule has 0 aliphatic heterocycles. The summed E-state index contributed by atoms with van der Waals surface area (Å²) in [7, 11) is -3.07. The summed E-state index contributed by atoms with van der Waals surface area (Å²) in [4.78, 5) is 0. The first-order valence-electron chi connectivity index (χ1n) is 6.64. The fraction of sp³-hybridized carbons (Fsp3) is 0.692. The summed E-state index contributed by atoms with van der Waals surface area (Å²) in [5.41, 5.74) is 0. The molecule has 0 saturated carbocycles. The number of hydrogen-bond acceptors (Lipinski definition) is 4. The van der Waals surface area contributed by atoms with Crippen molar-refractivity contribution in [3.05, 3.63) is 24.2 Å². The largest absolute Gasteiger partial charge is 0.469 e. The van der Waals surface area contributed by atoms with Gasteiger partial charge in [0.15, 0.2) is 0 Å². The third kappa shape index (κ3) is 6.22. The van der Waals surface area contributed by atoms with Crippen molar-refractivity contribution in [2.45, 2.75) is 32.7 Å². The van der Waals surface area contributed by atoms with Crippen LogP contribution in [-0.4, -0.2) is 44.7 Å². The molecule has 6 heteroatoms. The molecule has 5 nitrogen and oxygen atoms in total. The number of furan rings is 1. The number of nitrogens with one attached hydrogen (secondary N) is 1. The molecule has 1 unspecified atom stereocenters. The molecule has 0 aliphatic rings. The van der Waals surface area contributed by atoms with E-state index in [0.717, 1.165) is 25.1 Å². The van der Waals surface area contributed by atoms with Crippen LogP contribution in [0.1, 0.15) is 26.0 Å². The van der Waals surface area contributed by atoms with Crippen LogP contribution in [0.15, 0.2) is 22.8 Å². The lowest BCUT2D eigenvalue weighted by molar-refractivity contribution is 0.406. The van der Waals surface area contributed by atoms with Gasteiger partial charge >= 0.3 is 0 Å². The van der Waals surface area contributed by atoms with Crippen molar-refractivity contribution < 1.29 is 12.8 Å². The standard InChI is InChI=1S/C13H24N2O3S/c1-4-15(19(3,16)17)9-6-8-14-12(2)11-13-7-5-10-18-13/h5,7,10,12,14H,4,6,8-9,11H2,1-3H3. The van der Waals surface area contributed by atoms with Crippen LogP contribution in [0, 0.1) is 0 Å². The molecule has 110 valence electrons. The molecule has 0 bridgehead atoms. The second-order valence-corrected chi connectivity index (χ2v) is 6.73. The highest BCUT2D eigenvalue weighted by Crippen LogP contribution is 2.04. The van der Waals surface area contributed by atoms with E-state index in [1.54, 1.807) is 6.26 Å². The average molecular weight is 288 g/mol. The first-order valence-corrected chi connectivity index (χ1v) is 8.49. The van der Waals surface area contributed by atoms with Gasteiger partial charge in [0, 0.05) is 25.6 Å². The molecule has 0 aliphatic carbocycles. The number of hydrogen-bond donors (Lipinski definition) is 1. The Bertz CT molecular complexity index is 442. The smallest absolute Gasteiger partial charge is 0.211 e. The molecule has 0 spiro atoms. The Kier molecular flexibility index (Phi) is 6.54. The molecular weight excluding hydrogens is 264 g/mol. The van der Waals surface area contributed by atoms with Crippen molar-refractivity contribution in [3.63, 3.8) is 0 Å². The lowest BCUT2D eigenvalue weighted by Crippen LogP contribution is -2.34. The predicted molar refractivity (Wildman–Crippen MR) is 76.6 cm³/mol. The van der Waals surface area contributed by atoms with E-state index in [2.05, 4.69) is 12.2 Å². The van der Waals surface area contributed by atoms with Gasteiger partial charge in [-0.05, 0) is 32.0 Å². The van der Waals surface area contributed by atoms with Gasteiger partial charge in [0.05, 0.1) is 12.5 Å². The zero-order valence-corrected chi connectivity index (χ0v) is 12.7. The lowest BCUT2D eigenvalue weighted by Gasteiger charge is -2.18. The molecule has 0 amide bonds. The number of rotatable bonds is 9. The van der Waals surface area contributed by atoms with E-state index >= 15 is 0 Å². The van der Waals surface area contributed by atoms with Gasteiger partial charge in [-0.2, -0.15) is 0 Å². The van der Waals surface area contributed by atoms with Gasteiger partial charge in [-0.1, -0.05) is 6.92 Å². The molecule has 0 fully saturated rings. The van der Waals surface area contributed by atoms with Gasteiger partial charge in [-0.3, -0.25) is 0 Å². The lowest BCUT2D eigenvalue weighted by atomic mass is 10.2. The third-order valence-corrected chi connectivity index (χ3v) is 4.37. The second-order valence-electron chi connectivity index (χ2n) is 4.75. The fourth-order valence-corrected chi connectivity index (χ4v) is 2.89. The van der Waals surface area contributed by atoms with Crippen LogP contribution in [0.2, 0.25) is 0 Å². The van der Waals surface area contributed by atoms with Gasteiger partial charge in [-0.15, -0.1) is 0 Å². The minimum Gasteiger partial charge on any atom is -0.469 e. The maximum Gasteiger partial charge on any atom is 0.211 e. The summed E-state index contributed by atoms with van der Waals surface area (Å²) in [5, 5.41) is 3.37. The van der Waals surface area contributed by atoms with Gasteiger partial charge in [0.1, 0.15) is 5.76 Å². The van der Waals surface area contributed by atoms with Crippen LogP contribution < -0.4 is 5.32 Å². The van der Waals surface area contributed by atoms with Gasteiger partial charge in [0.2, 0.25) is 10.0 Å². The topological polar surface area (TPSA) is 62.6 Å². The Morgan fingerprint density at radius 3 is 2.74 bits per heavy atom. The Morgan fingerprint density at radius 1 is 1.47 bits per heavy atom. The molecule has 19 heavy (non-hydrogen) atoms. The normalized spacial score (nSPS) is 13.9. The summed E-state index contributed by atoms with van der Waals surface area (Å²) < 4.78 is 29.6. The van der Waals surface area contributed by atoms with Gasteiger partial charge in [-0.25, -0.2) is 12.7 Å². The zero-order valence-electron chi connectivity index (χ0n) is 11.9. The quantitative estimate of drug-likeness (QED) is 0.699. The number of sulfonamides is 1. The molecule has 1 N–H and O–H groups in total. The minimum atomic E-state index is -3.07. The second kappa shape index (κ2) is 7.67. The van der Waals surface area contributed by atoms with Crippen molar-refractivity contribution in [1.82, 2.24) is 9.62 Å². The SMILES string of the molecule is CCN(CCCNC(C)Cc1ccco1)S(C)(=O)=O. The van der Waals surface area contributed by atoms with Crippen LogP contribution in [0.3, 0.4) is 0 Å². The monoisotopic (exact) mass is 288 g/mol. The molecule has 1 aromatic heterocycles. The Hall–Kier alpha value is -0.850. The van der Waals surface area contributed by atoms with Gasteiger partial charge in [0.25, 0.3) is 0 Å². The summed E-state index contributed by atoms with van der Waals surface area (Å²) in [5.74, 6) is 0.964. The summed E-state index contributed by atoms with van der Waals surface area (Å²) in [6.07, 6.45) is 4.58. The summed E-state index contributed by atoms with van der Waals surface area (Å²) >= 11 is 0. The molecule has 1 aromatic rings. The predicted octanol–water partition coefficient (Wildman–Crippen LogP) is 1.47. The van der Waals surface area contributed by atoms with Crippen LogP contribution in [0.5, 0.6) is 0 Å². The van der Waals surface area contributed by atoms with E-state index in [-0.39, 0.29) is 0 Å². The van der Waals surface area contributed by atoms with E-state index in [1.807, 2.05) is 19.1 Å². The molecule has 1 heterocycles. The highest BCUT2D eigenvalue weighted by Gasteiger charge is 2.13. The van der Waals surface area contributed by atoms with Crippen LogP contribution in [-0.2, 0) is 16.4 Å². The van der Waals surface area contributed by atoms with Crippen LogP contribution in [0.4, 0.5) is 0 Å². The third-order valence-electron chi connectivity index (χ3n) is 2.99. The van der Waals surface area contributed by atoms with E-state index in [0.29, 0.717) is 19.1 Å². The van der Waals surface area contributed by atoms with Gasteiger partial charge < -0.3 is 9.73 Å². The van der Waals surface area contributed by atoms with E-state index in [4.69, 9.17) is 4.42 Å². The molecule has 1 atom stereocenters. The molecule has 0 aromatic carbocycles. The maximum absolute atomic E-state index is 11.4. The van der Waals surface area contributed by atoms with E-state index < -0.39 is 10.0 Å². The van der Waals surface area contributed by atoms with E-state index in [1.165, 1.54) is 10.6 Å². The zero-order chi connectivity index (χ0) is 14.3. The highest BCUT2D eigenvalue weighted by molar-refractivity contribution is 7.88. The summed E-state index contributed by atoms with van der Waals surface area (Å²) in [6.45, 7) is 5.84. The first kappa shape index (κ1) is 16.2. The minimum absolute atomic E-state index is 0.319. The van der Waals surface area contributed by atoms with Crippen molar-refractivity contribution in [1.29, 1.82) is 0 Å². The number of nitrogens with zero attached hydrogens (tertiary/aromatic N) is 1. The van der Waals surface area contributed by atoms with Crippen LogP contribution >= 0.6 is 0 Å². The Balaban J connectivity index is 2.20. The highest BCUT2D eigenvalue weighted by atomic mass is 32.2. The molecule has 0 saturated heterocycles. The first-order chi connectivity index (χ1) is 8.93. The fourth-order valence-electron chi connectivity index (χ4n) is 1.96. The van der Waals surface area contributed by atoms with Crippen molar-refractivity contribution in [2.75, 3.05) is 25.9 Å². The van der Waals surface area contributed by atoms with E-state index in [9.17, 15) is 8.42 Å². The summed E-state index contributed by atoms with van der Waals surface area (Å²) in [6, 6.07) is 4.16. The molecular formula is C13H24N2O3S. The van der Waals surface area contributed by atoms with Crippen LogP contribution in [0.25, 0.3) is 0 Å². The Labute approximate surface area is 116 Å². The van der Waals surface area contributed by atoms with Crippen molar-refractivity contribution >= 4 is 10.0 Å². The Morgan fingerprint density at radius 2 is 2.21 bits per heavy atom. The average Bonchev–Trinajstić information content (AvgIpc) is 2.80.